The number of anilines is 1. The summed E-state index contributed by atoms with van der Waals surface area (Å²) in [6.07, 6.45) is -0.200. The van der Waals surface area contributed by atoms with Gasteiger partial charge in [-0.05, 0) is 24.6 Å². The van der Waals surface area contributed by atoms with Crippen LogP contribution >= 0.6 is 0 Å². The van der Waals surface area contributed by atoms with Gasteiger partial charge in [0, 0.05) is 38.8 Å². The van der Waals surface area contributed by atoms with Gasteiger partial charge in [0.2, 0.25) is 18.6 Å². The van der Waals surface area contributed by atoms with E-state index >= 15 is 0 Å². The number of benzene rings is 1. The lowest BCUT2D eigenvalue weighted by Crippen LogP contribution is -2.48. The third-order valence-corrected chi connectivity index (χ3v) is 4.78. The number of hydrogen-bond acceptors (Lipinski definition) is 7. The minimum Gasteiger partial charge on any atom is -0.454 e. The van der Waals surface area contributed by atoms with Crippen LogP contribution in [0.15, 0.2) is 28.8 Å². The lowest BCUT2D eigenvalue weighted by molar-refractivity contribution is -0.136. The summed E-state index contributed by atoms with van der Waals surface area (Å²) in [5.74, 6) is 1.91. The second kappa shape index (κ2) is 7.89. The Kier molecular flexibility index (Phi) is 5.16. The van der Waals surface area contributed by atoms with E-state index in [-0.39, 0.29) is 25.0 Å². The number of aromatic nitrogens is 1. The van der Waals surface area contributed by atoms with Gasteiger partial charge in [-0.25, -0.2) is 0 Å². The Labute approximate surface area is 162 Å². The largest absolute Gasteiger partial charge is 0.454 e. The van der Waals surface area contributed by atoms with Gasteiger partial charge in [-0.2, -0.15) is 0 Å². The van der Waals surface area contributed by atoms with Gasteiger partial charge in [-0.15, -0.1) is 0 Å². The van der Waals surface area contributed by atoms with Crippen molar-refractivity contribution < 1.29 is 23.6 Å². The van der Waals surface area contributed by atoms with Crippen LogP contribution in [0.2, 0.25) is 0 Å². The molecule has 3 heterocycles. The molecule has 1 fully saturated rings. The van der Waals surface area contributed by atoms with E-state index in [1.165, 1.54) is 0 Å². The molecule has 1 N–H and O–H groups in total. The van der Waals surface area contributed by atoms with Crippen molar-refractivity contribution in [2.75, 3.05) is 38.3 Å². The second-order valence-electron chi connectivity index (χ2n) is 6.89. The zero-order valence-corrected chi connectivity index (χ0v) is 15.6. The molecule has 9 heteroatoms. The molecular formula is C19H22N4O5. The predicted octanol–water partition coefficient (Wildman–Crippen LogP) is 1.38. The number of nitrogens with one attached hydrogen (secondary N) is 1. The summed E-state index contributed by atoms with van der Waals surface area (Å²) in [4.78, 5) is 28.4. The Hall–Kier alpha value is -3.07. The number of ether oxygens (including phenoxy) is 2. The van der Waals surface area contributed by atoms with Crippen molar-refractivity contribution in [3.63, 3.8) is 0 Å². The van der Waals surface area contributed by atoms with Crippen molar-refractivity contribution in [3.8, 4) is 11.5 Å². The number of hydrogen-bond donors (Lipinski definition) is 1. The smallest absolute Gasteiger partial charge is 0.235 e. The molecule has 0 bridgehead atoms. The van der Waals surface area contributed by atoms with E-state index in [1.54, 1.807) is 17.9 Å². The topological polar surface area (TPSA) is 97.1 Å². The molecule has 2 amide bonds. The molecule has 4 rings (SSSR count). The van der Waals surface area contributed by atoms with Crippen LogP contribution in [0.3, 0.4) is 0 Å². The first kappa shape index (κ1) is 18.3. The molecule has 28 heavy (non-hydrogen) atoms. The molecule has 148 valence electrons. The molecule has 0 atom stereocenters. The van der Waals surface area contributed by atoms with E-state index < -0.39 is 0 Å². The quantitative estimate of drug-likeness (QED) is 0.776. The monoisotopic (exact) mass is 386 g/mol. The van der Waals surface area contributed by atoms with Crippen molar-refractivity contribution in [1.82, 2.24) is 15.0 Å². The van der Waals surface area contributed by atoms with Crippen LogP contribution in [0, 0.1) is 6.92 Å². The number of carbonyl (C=O) groups is 2. The number of rotatable bonds is 5. The van der Waals surface area contributed by atoms with E-state index in [0.29, 0.717) is 24.7 Å². The summed E-state index contributed by atoms with van der Waals surface area (Å²) in [7, 11) is 0. The molecule has 2 aliphatic heterocycles. The van der Waals surface area contributed by atoms with Crippen LogP contribution in [-0.2, 0) is 16.1 Å². The van der Waals surface area contributed by atoms with Gasteiger partial charge in [0.05, 0.1) is 0 Å². The molecule has 0 radical (unpaired) electrons. The highest BCUT2D eigenvalue weighted by Gasteiger charge is 2.23. The molecule has 0 unspecified atom stereocenters. The number of fused-ring (bicyclic) bond motifs is 1. The van der Waals surface area contributed by atoms with Crippen LogP contribution < -0.4 is 14.8 Å². The third-order valence-electron chi connectivity index (χ3n) is 4.78. The van der Waals surface area contributed by atoms with Gasteiger partial charge < -0.3 is 24.2 Å². The average molecular weight is 386 g/mol. The van der Waals surface area contributed by atoms with Gasteiger partial charge in [0.1, 0.15) is 12.2 Å². The zero-order chi connectivity index (χ0) is 19.5. The Morgan fingerprint density at radius 2 is 1.89 bits per heavy atom. The first-order chi connectivity index (χ1) is 13.6. The van der Waals surface area contributed by atoms with E-state index in [4.69, 9.17) is 14.0 Å². The second-order valence-corrected chi connectivity index (χ2v) is 6.89. The minimum absolute atomic E-state index is 0.180. The third kappa shape index (κ3) is 4.25. The maximum absolute atomic E-state index is 12.4. The highest BCUT2D eigenvalue weighted by molar-refractivity contribution is 6.03. The standard InChI is InChI=1S/C19H22N4O5/c1-13-8-17(21-28-13)20-18(24)10-19(25)23-6-4-22(5-7-23)11-14-2-3-15-16(9-14)27-12-26-15/h2-3,8-9H,4-7,10-12H2,1H3,(H,20,21,24). The lowest BCUT2D eigenvalue weighted by Gasteiger charge is -2.34. The van der Waals surface area contributed by atoms with E-state index in [2.05, 4.69) is 15.4 Å². The molecule has 1 saturated heterocycles. The minimum atomic E-state index is -0.388. The van der Waals surface area contributed by atoms with Crippen molar-refractivity contribution >= 4 is 17.6 Å². The van der Waals surface area contributed by atoms with E-state index in [0.717, 1.165) is 36.7 Å². The Balaban J connectivity index is 1.23. The highest BCUT2D eigenvalue weighted by Crippen LogP contribution is 2.32. The fourth-order valence-electron chi connectivity index (χ4n) is 3.31. The first-order valence-corrected chi connectivity index (χ1v) is 9.18. The summed E-state index contributed by atoms with van der Waals surface area (Å²) in [5, 5.41) is 6.26. The fourth-order valence-corrected chi connectivity index (χ4v) is 3.31. The molecule has 2 aliphatic rings. The van der Waals surface area contributed by atoms with Crippen molar-refractivity contribution in [3.05, 3.63) is 35.6 Å². The SMILES string of the molecule is Cc1cc(NC(=O)CC(=O)N2CCN(Cc3ccc4c(c3)OCO4)CC2)no1. The van der Waals surface area contributed by atoms with Gasteiger partial charge in [-0.1, -0.05) is 11.2 Å². The summed E-state index contributed by atoms with van der Waals surface area (Å²) >= 11 is 0. The number of nitrogens with zero attached hydrogens (tertiary/aromatic N) is 3. The normalized spacial score (nSPS) is 16.2. The van der Waals surface area contributed by atoms with Gasteiger partial charge in [0.15, 0.2) is 17.3 Å². The molecular weight excluding hydrogens is 364 g/mol. The fraction of sp³-hybridized carbons (Fsp3) is 0.421. The van der Waals surface area contributed by atoms with Crippen LogP contribution in [0.4, 0.5) is 5.82 Å². The molecule has 0 saturated carbocycles. The predicted molar refractivity (Wildman–Crippen MR) is 98.9 cm³/mol. The van der Waals surface area contributed by atoms with Crippen molar-refractivity contribution in [2.24, 2.45) is 0 Å². The van der Waals surface area contributed by atoms with Crippen molar-refractivity contribution in [2.45, 2.75) is 19.9 Å². The average Bonchev–Trinajstić information content (AvgIpc) is 3.30. The molecule has 1 aromatic carbocycles. The van der Waals surface area contributed by atoms with E-state index in [9.17, 15) is 9.59 Å². The lowest BCUT2D eigenvalue weighted by atomic mass is 10.1. The van der Waals surface area contributed by atoms with Crippen molar-refractivity contribution in [1.29, 1.82) is 0 Å². The van der Waals surface area contributed by atoms with Gasteiger partial charge in [0.25, 0.3) is 0 Å². The molecule has 0 spiro atoms. The number of aryl methyl sites for hydroxylation is 1. The van der Waals surface area contributed by atoms with Crippen LogP contribution in [0.25, 0.3) is 0 Å². The van der Waals surface area contributed by atoms with E-state index in [1.807, 2.05) is 18.2 Å². The highest BCUT2D eigenvalue weighted by atomic mass is 16.7. The molecule has 0 aliphatic carbocycles. The van der Waals surface area contributed by atoms with Crippen LogP contribution in [-0.4, -0.2) is 59.7 Å². The first-order valence-electron chi connectivity index (χ1n) is 9.18. The Morgan fingerprint density at radius 1 is 1.11 bits per heavy atom. The zero-order valence-electron chi connectivity index (χ0n) is 15.6. The maximum Gasteiger partial charge on any atom is 0.235 e. The number of piperazine rings is 1. The molecule has 1 aromatic heterocycles. The molecule has 9 nitrogen and oxygen atoms in total. The number of amides is 2. The Morgan fingerprint density at radius 3 is 2.64 bits per heavy atom. The summed E-state index contributed by atoms with van der Waals surface area (Å²) in [5.41, 5.74) is 1.14. The summed E-state index contributed by atoms with van der Waals surface area (Å²) in [6.45, 7) is 5.49. The Bertz CT molecular complexity index is 873. The van der Waals surface area contributed by atoms with Gasteiger partial charge in [-0.3, -0.25) is 14.5 Å². The number of carbonyl (C=O) groups excluding carboxylic acids is 2. The maximum atomic E-state index is 12.4. The van der Waals surface area contributed by atoms with Gasteiger partial charge >= 0.3 is 0 Å². The summed E-state index contributed by atoms with van der Waals surface area (Å²) in [6, 6.07) is 7.56. The summed E-state index contributed by atoms with van der Waals surface area (Å²) < 4.78 is 15.6. The van der Waals surface area contributed by atoms with Crippen LogP contribution in [0.5, 0.6) is 11.5 Å². The van der Waals surface area contributed by atoms with Crippen LogP contribution in [0.1, 0.15) is 17.7 Å². The molecule has 2 aromatic rings.